The molecule has 0 saturated heterocycles. The predicted octanol–water partition coefficient (Wildman–Crippen LogP) is 6.73. The van der Waals surface area contributed by atoms with Crippen LogP contribution in [0.4, 0.5) is 15.6 Å². The van der Waals surface area contributed by atoms with Gasteiger partial charge in [0, 0.05) is 12.5 Å². The van der Waals surface area contributed by atoms with Crippen molar-refractivity contribution >= 4 is 55.5 Å². The number of hydrogen-bond acceptors (Lipinski definition) is 8. The number of thiazole rings is 2. The predicted molar refractivity (Wildman–Crippen MR) is 151 cm³/mol. The zero-order chi connectivity index (χ0) is 26.2. The molecule has 10 heteroatoms. The molecule has 2 aromatic heterocycles. The second kappa shape index (κ2) is 9.88. The molecule has 0 unspecified atom stereocenters. The molecule has 0 atom stereocenters. The highest BCUT2D eigenvalue weighted by molar-refractivity contribution is 7.22. The van der Waals surface area contributed by atoms with Crippen molar-refractivity contribution in [3.8, 4) is 32.5 Å². The van der Waals surface area contributed by atoms with Crippen molar-refractivity contribution in [2.45, 2.75) is 6.92 Å². The van der Waals surface area contributed by atoms with Gasteiger partial charge in [0.05, 0.1) is 34.4 Å². The van der Waals surface area contributed by atoms with Gasteiger partial charge in [0.2, 0.25) is 0 Å². The Morgan fingerprint density at radius 3 is 2.55 bits per heavy atom. The smallest absolute Gasteiger partial charge is 0.328 e. The summed E-state index contributed by atoms with van der Waals surface area (Å²) in [5.74, 6) is 1.23. The van der Waals surface area contributed by atoms with Crippen LogP contribution in [-0.4, -0.2) is 42.0 Å². The summed E-state index contributed by atoms with van der Waals surface area (Å²) in [7, 11) is 1.61. The first kappa shape index (κ1) is 24.1. The van der Waals surface area contributed by atoms with Crippen LogP contribution in [0.2, 0.25) is 0 Å². The molecule has 0 saturated carbocycles. The van der Waals surface area contributed by atoms with E-state index < -0.39 is 0 Å². The average molecular weight is 543 g/mol. The van der Waals surface area contributed by atoms with Gasteiger partial charge in [-0.15, -0.1) is 11.3 Å². The summed E-state index contributed by atoms with van der Waals surface area (Å²) in [6, 6.07) is 20.6. The van der Waals surface area contributed by atoms with Gasteiger partial charge >= 0.3 is 6.03 Å². The first-order chi connectivity index (χ1) is 18.5. The number of aromatic nitrogens is 2. The summed E-state index contributed by atoms with van der Waals surface area (Å²) in [5, 5.41) is 4.15. The van der Waals surface area contributed by atoms with Crippen LogP contribution in [-0.2, 0) is 0 Å². The van der Waals surface area contributed by atoms with Crippen molar-refractivity contribution in [3.05, 3.63) is 72.4 Å². The summed E-state index contributed by atoms with van der Waals surface area (Å²) in [6.45, 7) is 2.29. The number of benzene rings is 3. The van der Waals surface area contributed by atoms with Gasteiger partial charge in [-0.2, -0.15) is 0 Å². The summed E-state index contributed by atoms with van der Waals surface area (Å²) >= 11 is 2.86. The van der Waals surface area contributed by atoms with E-state index in [1.807, 2.05) is 66.7 Å². The highest BCUT2D eigenvalue weighted by Gasteiger charge is 2.26. The van der Waals surface area contributed by atoms with Crippen LogP contribution in [0.3, 0.4) is 0 Å². The van der Waals surface area contributed by atoms with E-state index in [-0.39, 0.29) is 11.8 Å². The maximum atomic E-state index is 13.3. The summed E-state index contributed by atoms with van der Waals surface area (Å²) in [4.78, 5) is 37.4. The lowest BCUT2D eigenvalue weighted by Crippen LogP contribution is -2.40. The highest BCUT2D eigenvalue weighted by atomic mass is 32.1. The van der Waals surface area contributed by atoms with Crippen molar-refractivity contribution in [3.63, 3.8) is 0 Å². The topological polar surface area (TPSA) is 93.7 Å². The van der Waals surface area contributed by atoms with Gasteiger partial charge < -0.3 is 9.47 Å². The number of methoxy groups -OCH3 is 1. The van der Waals surface area contributed by atoms with Gasteiger partial charge in [-0.1, -0.05) is 23.5 Å². The number of ketones is 1. The molecule has 8 nitrogen and oxygen atoms in total. The van der Waals surface area contributed by atoms with Gasteiger partial charge in [0.25, 0.3) is 0 Å². The second-order valence-electron chi connectivity index (χ2n) is 8.58. The third-order valence-corrected chi connectivity index (χ3v) is 8.24. The Kier molecular flexibility index (Phi) is 6.26. The van der Waals surface area contributed by atoms with Crippen molar-refractivity contribution in [2.24, 2.45) is 0 Å². The summed E-state index contributed by atoms with van der Waals surface area (Å²) in [5.41, 5.74) is 3.57. The largest absolute Gasteiger partial charge is 0.497 e. The van der Waals surface area contributed by atoms with Crippen molar-refractivity contribution in [1.29, 1.82) is 0 Å². The molecular formula is C28H22N4O4S2. The maximum Gasteiger partial charge on any atom is 0.328 e. The minimum atomic E-state index is -0.284. The Morgan fingerprint density at radius 2 is 1.79 bits per heavy atom. The molecule has 5 aromatic rings. The molecule has 1 aliphatic rings. The molecular weight excluding hydrogens is 520 g/mol. The van der Waals surface area contributed by atoms with Crippen LogP contribution in [0.5, 0.6) is 11.5 Å². The Balaban J connectivity index is 1.33. The first-order valence-electron chi connectivity index (χ1n) is 11.9. The van der Waals surface area contributed by atoms with E-state index in [1.54, 1.807) is 12.0 Å². The number of Topliss-reactive ketones (excluding diaryl/α,β-unsaturated/α-hetero) is 1. The minimum Gasteiger partial charge on any atom is -0.497 e. The molecule has 0 fully saturated rings. The van der Waals surface area contributed by atoms with E-state index in [1.165, 1.54) is 29.6 Å². The minimum absolute atomic E-state index is 0.114. The van der Waals surface area contributed by atoms with Crippen LogP contribution in [0.15, 0.2) is 66.7 Å². The van der Waals surface area contributed by atoms with Crippen LogP contribution in [0.1, 0.15) is 17.4 Å². The zero-order valence-electron chi connectivity index (χ0n) is 20.6. The van der Waals surface area contributed by atoms with Gasteiger partial charge in [-0.3, -0.25) is 15.0 Å². The third-order valence-electron chi connectivity index (χ3n) is 6.13. The van der Waals surface area contributed by atoms with Gasteiger partial charge in [-0.25, -0.2) is 14.8 Å². The van der Waals surface area contributed by atoms with Crippen LogP contribution in [0.25, 0.3) is 31.2 Å². The second-order valence-corrected chi connectivity index (χ2v) is 10.6. The van der Waals surface area contributed by atoms with Gasteiger partial charge in [-0.05, 0) is 60.2 Å². The molecule has 2 amide bonds. The molecule has 0 aliphatic carbocycles. The number of hydrogen-bond donors (Lipinski definition) is 1. The number of nitrogens with one attached hydrogen (secondary N) is 1. The number of para-hydroxylation sites is 1. The Bertz CT molecular complexity index is 1640. The number of carbonyl (C=O) groups excluding carboxylic acids is 2. The lowest BCUT2D eigenvalue weighted by Gasteiger charge is -2.29. The van der Waals surface area contributed by atoms with E-state index >= 15 is 0 Å². The number of nitrogens with zero attached hydrogens (tertiary/aromatic N) is 3. The van der Waals surface area contributed by atoms with Crippen LogP contribution < -0.4 is 19.7 Å². The van der Waals surface area contributed by atoms with Crippen molar-refractivity contribution < 1.29 is 19.1 Å². The summed E-state index contributed by atoms with van der Waals surface area (Å²) < 4.78 is 12.1. The van der Waals surface area contributed by atoms with Crippen molar-refractivity contribution in [1.82, 2.24) is 9.97 Å². The lowest BCUT2D eigenvalue weighted by atomic mass is 10.1. The fourth-order valence-electron chi connectivity index (χ4n) is 4.27. The van der Waals surface area contributed by atoms with E-state index in [9.17, 15) is 9.59 Å². The monoisotopic (exact) mass is 542 g/mol. The fraction of sp³-hybridized carbons (Fsp3) is 0.143. The number of ether oxygens (including phenoxy) is 2. The molecule has 190 valence electrons. The quantitative estimate of drug-likeness (QED) is 0.248. The molecule has 0 spiro atoms. The number of fused-ring (bicyclic) bond motifs is 2. The maximum absolute atomic E-state index is 13.3. The normalized spacial score (nSPS) is 12.6. The third kappa shape index (κ3) is 4.48. The van der Waals surface area contributed by atoms with Crippen molar-refractivity contribution in [2.75, 3.05) is 30.5 Å². The highest BCUT2D eigenvalue weighted by Crippen LogP contribution is 2.41. The molecule has 0 radical (unpaired) electrons. The molecule has 0 bridgehead atoms. The van der Waals surface area contributed by atoms with E-state index in [0.29, 0.717) is 40.4 Å². The SMILES string of the molecule is COc1ccc(-c2sc(-c3ccc4c(c3)N(C(=O)Nc3nc5ccccc5s3)CCO4)nc2C(C)=O)cc1. The summed E-state index contributed by atoms with van der Waals surface area (Å²) in [6.07, 6.45) is 0. The Morgan fingerprint density at radius 1 is 1.00 bits per heavy atom. The molecule has 38 heavy (non-hydrogen) atoms. The van der Waals surface area contributed by atoms with E-state index in [0.717, 1.165) is 32.0 Å². The molecule has 3 heterocycles. The standard InChI is InChI=1S/C28H22N4O4S2/c1-16(33)24-25(17-7-10-19(35-2)11-8-17)38-26(30-24)18-9-12-22-21(15-18)32(13-14-36-22)28(34)31-27-29-20-5-3-4-6-23(20)37-27/h3-12,15H,13-14H2,1-2H3,(H,29,31,34). The molecule has 1 N–H and O–H groups in total. The van der Waals surface area contributed by atoms with Crippen LogP contribution in [0, 0.1) is 0 Å². The van der Waals surface area contributed by atoms with E-state index in [2.05, 4.69) is 15.3 Å². The Hall–Kier alpha value is -4.28. The average Bonchev–Trinajstić information content (AvgIpc) is 3.57. The zero-order valence-corrected chi connectivity index (χ0v) is 22.2. The number of carbonyl (C=O) groups is 2. The van der Waals surface area contributed by atoms with E-state index in [4.69, 9.17) is 9.47 Å². The lowest BCUT2D eigenvalue weighted by molar-refractivity contribution is 0.101. The molecule has 3 aromatic carbocycles. The first-order valence-corrected chi connectivity index (χ1v) is 13.5. The number of urea groups is 1. The van der Waals surface area contributed by atoms with Crippen LogP contribution >= 0.6 is 22.7 Å². The Labute approximate surface area is 226 Å². The van der Waals surface area contributed by atoms with Gasteiger partial charge in [0.15, 0.2) is 10.9 Å². The number of amides is 2. The molecule has 6 rings (SSSR count). The number of rotatable bonds is 5. The number of anilines is 2. The molecule has 1 aliphatic heterocycles. The van der Waals surface area contributed by atoms with Gasteiger partial charge in [0.1, 0.15) is 28.8 Å². The fourth-order valence-corrected chi connectivity index (χ4v) is 6.24.